The molecule has 0 N–H and O–H groups in total. The number of rotatable bonds is 4. The molecule has 0 radical (unpaired) electrons. The standard InChI is InChI=1S/C15H10F3NOS/c1-2-20-10-3-4-11(12(16)7-10)9-5-13(17)15(19-8-21)14(18)6-9/h3-7H,2H2,1H3. The fraction of sp³-hybridized carbons (Fsp3) is 0.133. The summed E-state index contributed by atoms with van der Waals surface area (Å²) >= 11 is 4.32. The zero-order chi connectivity index (χ0) is 15.4. The Kier molecular flexibility index (Phi) is 4.73. The zero-order valence-corrected chi connectivity index (χ0v) is 11.8. The predicted octanol–water partition coefficient (Wildman–Crippen LogP) is 4.90. The Labute approximate surface area is 124 Å². The minimum absolute atomic E-state index is 0.0638. The molecule has 0 saturated carbocycles. The van der Waals surface area contributed by atoms with E-state index >= 15 is 0 Å². The number of thiocarbonyl (C=S) groups is 1. The summed E-state index contributed by atoms with van der Waals surface area (Å²) in [6, 6.07) is 6.08. The van der Waals surface area contributed by atoms with E-state index in [0.717, 1.165) is 18.2 Å². The van der Waals surface area contributed by atoms with Gasteiger partial charge in [0.05, 0.1) is 11.8 Å². The van der Waals surface area contributed by atoms with Crippen molar-refractivity contribution in [3.05, 3.63) is 47.8 Å². The third-order valence-corrected chi connectivity index (χ3v) is 2.83. The summed E-state index contributed by atoms with van der Waals surface area (Å²) in [5.74, 6) is -2.15. The first kappa shape index (κ1) is 15.2. The molecule has 2 aromatic rings. The van der Waals surface area contributed by atoms with Crippen molar-refractivity contribution in [2.75, 3.05) is 6.61 Å². The van der Waals surface area contributed by atoms with Gasteiger partial charge in [-0.1, -0.05) is 0 Å². The van der Waals surface area contributed by atoms with Gasteiger partial charge in [0.15, 0.2) is 11.6 Å². The topological polar surface area (TPSA) is 21.6 Å². The van der Waals surface area contributed by atoms with Crippen LogP contribution in [-0.4, -0.2) is 11.8 Å². The normalized spacial score (nSPS) is 10.1. The van der Waals surface area contributed by atoms with Crippen LogP contribution in [0.15, 0.2) is 35.3 Å². The number of hydrogen-bond acceptors (Lipinski definition) is 3. The predicted molar refractivity (Wildman–Crippen MR) is 77.6 cm³/mol. The molecule has 2 aromatic carbocycles. The number of aliphatic imine (C=N–C) groups is 1. The average molecular weight is 309 g/mol. The summed E-state index contributed by atoms with van der Waals surface area (Å²) in [5, 5.41) is 1.90. The van der Waals surface area contributed by atoms with Crippen LogP contribution in [0.5, 0.6) is 5.75 Å². The van der Waals surface area contributed by atoms with Crippen molar-refractivity contribution in [1.82, 2.24) is 0 Å². The molecule has 0 aromatic heterocycles. The fourth-order valence-corrected chi connectivity index (χ4v) is 1.95. The van der Waals surface area contributed by atoms with Crippen LogP contribution in [-0.2, 0) is 0 Å². The van der Waals surface area contributed by atoms with Crippen LogP contribution >= 0.6 is 12.2 Å². The Bertz CT molecular complexity index is 704. The maximum atomic E-state index is 14.0. The maximum absolute atomic E-state index is 14.0. The average Bonchev–Trinajstić information content (AvgIpc) is 2.43. The molecule has 0 unspecified atom stereocenters. The van der Waals surface area contributed by atoms with Gasteiger partial charge in [-0.3, -0.25) is 0 Å². The highest BCUT2D eigenvalue weighted by molar-refractivity contribution is 7.78. The largest absolute Gasteiger partial charge is 0.494 e. The monoisotopic (exact) mass is 309 g/mol. The molecule has 21 heavy (non-hydrogen) atoms. The van der Waals surface area contributed by atoms with Crippen LogP contribution in [0.1, 0.15) is 6.92 Å². The lowest BCUT2D eigenvalue weighted by atomic mass is 10.0. The van der Waals surface area contributed by atoms with Crippen LogP contribution in [0, 0.1) is 17.5 Å². The molecule has 0 amide bonds. The summed E-state index contributed by atoms with van der Waals surface area (Å²) in [4.78, 5) is 3.30. The van der Waals surface area contributed by atoms with Crippen LogP contribution in [0.25, 0.3) is 11.1 Å². The Morgan fingerprint density at radius 3 is 2.29 bits per heavy atom. The number of hydrogen-bond donors (Lipinski definition) is 0. The van der Waals surface area contributed by atoms with Gasteiger partial charge < -0.3 is 4.74 Å². The van der Waals surface area contributed by atoms with Gasteiger partial charge in [0.25, 0.3) is 0 Å². The van der Waals surface area contributed by atoms with E-state index in [9.17, 15) is 13.2 Å². The van der Waals surface area contributed by atoms with Crippen LogP contribution < -0.4 is 4.74 Å². The molecule has 0 saturated heterocycles. The van der Waals surface area contributed by atoms with Gasteiger partial charge in [-0.25, -0.2) is 13.2 Å². The van der Waals surface area contributed by atoms with Crippen molar-refractivity contribution in [2.45, 2.75) is 6.92 Å². The first-order valence-corrected chi connectivity index (χ1v) is 6.47. The van der Waals surface area contributed by atoms with Crippen LogP contribution in [0.4, 0.5) is 18.9 Å². The van der Waals surface area contributed by atoms with Gasteiger partial charge in [0.2, 0.25) is 0 Å². The molecule has 0 fully saturated rings. The smallest absolute Gasteiger partial charge is 0.153 e. The highest BCUT2D eigenvalue weighted by atomic mass is 32.1. The summed E-state index contributed by atoms with van der Waals surface area (Å²) in [5.41, 5.74) is -0.414. The van der Waals surface area contributed by atoms with Crippen molar-refractivity contribution in [1.29, 1.82) is 0 Å². The molecule has 0 atom stereocenters. The van der Waals surface area contributed by atoms with Crippen LogP contribution in [0.3, 0.4) is 0 Å². The van der Waals surface area contributed by atoms with E-state index in [1.54, 1.807) is 6.92 Å². The van der Waals surface area contributed by atoms with E-state index in [2.05, 4.69) is 17.2 Å². The van der Waals surface area contributed by atoms with E-state index in [1.165, 1.54) is 12.1 Å². The number of ether oxygens (including phenoxy) is 1. The number of benzene rings is 2. The van der Waals surface area contributed by atoms with Crippen molar-refractivity contribution in [2.24, 2.45) is 4.99 Å². The molecule has 0 aliphatic rings. The molecule has 0 aliphatic carbocycles. The van der Waals surface area contributed by atoms with Gasteiger partial charge in [0.1, 0.15) is 17.3 Å². The van der Waals surface area contributed by atoms with Crippen molar-refractivity contribution in [3.8, 4) is 16.9 Å². The molecule has 2 rings (SSSR count). The van der Waals surface area contributed by atoms with Gasteiger partial charge in [-0.05, 0) is 49.0 Å². The Morgan fingerprint density at radius 2 is 1.76 bits per heavy atom. The lowest BCUT2D eigenvalue weighted by Gasteiger charge is -2.08. The third kappa shape index (κ3) is 3.29. The molecule has 0 spiro atoms. The molecule has 108 valence electrons. The van der Waals surface area contributed by atoms with Crippen LogP contribution in [0.2, 0.25) is 0 Å². The van der Waals surface area contributed by atoms with E-state index < -0.39 is 23.1 Å². The molecular formula is C15H10F3NOS. The first-order valence-electron chi connectivity index (χ1n) is 6.06. The molecule has 0 heterocycles. The minimum Gasteiger partial charge on any atom is -0.494 e. The lowest BCUT2D eigenvalue weighted by molar-refractivity contribution is 0.338. The molecule has 2 nitrogen and oxygen atoms in total. The number of halogens is 3. The number of nitrogens with zero attached hydrogens (tertiary/aromatic N) is 1. The second kappa shape index (κ2) is 6.52. The van der Waals surface area contributed by atoms with E-state index in [-0.39, 0.29) is 11.1 Å². The summed E-state index contributed by atoms with van der Waals surface area (Å²) in [6.07, 6.45) is 0. The summed E-state index contributed by atoms with van der Waals surface area (Å²) in [7, 11) is 0. The summed E-state index contributed by atoms with van der Waals surface area (Å²) in [6.45, 7) is 2.16. The Balaban J connectivity index is 2.50. The Morgan fingerprint density at radius 1 is 1.10 bits per heavy atom. The molecule has 0 aliphatic heterocycles. The van der Waals surface area contributed by atoms with E-state index in [4.69, 9.17) is 4.74 Å². The number of isothiocyanates is 1. The van der Waals surface area contributed by atoms with Gasteiger partial charge >= 0.3 is 0 Å². The fourth-order valence-electron chi connectivity index (χ4n) is 1.86. The maximum Gasteiger partial charge on any atom is 0.153 e. The lowest BCUT2D eigenvalue weighted by Crippen LogP contribution is -1.94. The third-order valence-electron chi connectivity index (χ3n) is 2.74. The van der Waals surface area contributed by atoms with E-state index in [0.29, 0.717) is 12.4 Å². The SMILES string of the molecule is CCOc1ccc(-c2cc(F)c(N=C=S)c(F)c2)c(F)c1. The highest BCUT2D eigenvalue weighted by Gasteiger charge is 2.14. The van der Waals surface area contributed by atoms with Crippen molar-refractivity contribution < 1.29 is 17.9 Å². The van der Waals surface area contributed by atoms with Gasteiger partial charge in [-0.2, -0.15) is 4.99 Å². The quantitative estimate of drug-likeness (QED) is 0.591. The summed E-state index contributed by atoms with van der Waals surface area (Å²) < 4.78 is 46.6. The van der Waals surface area contributed by atoms with E-state index in [1.807, 2.05) is 5.16 Å². The van der Waals surface area contributed by atoms with Gasteiger partial charge in [0, 0.05) is 11.6 Å². The first-order chi connectivity index (χ1) is 10.1. The van der Waals surface area contributed by atoms with Crippen molar-refractivity contribution in [3.63, 3.8) is 0 Å². The Hall–Kier alpha value is -2.17. The molecular weight excluding hydrogens is 299 g/mol. The second-order valence-corrected chi connectivity index (χ2v) is 4.25. The highest BCUT2D eigenvalue weighted by Crippen LogP contribution is 2.31. The molecule has 6 heteroatoms. The van der Waals surface area contributed by atoms with Gasteiger partial charge in [-0.15, -0.1) is 0 Å². The van der Waals surface area contributed by atoms with Crippen molar-refractivity contribution >= 4 is 23.1 Å². The second-order valence-electron chi connectivity index (χ2n) is 4.07. The molecule has 0 bridgehead atoms. The zero-order valence-electron chi connectivity index (χ0n) is 11.0. The minimum atomic E-state index is -0.935.